The third kappa shape index (κ3) is 8.14. The molecular weight excluding hydrogens is 608 g/mol. The number of aryl methyl sites for hydroxylation is 2. The molecule has 4 aromatic rings. The number of piperazine rings is 1. The summed E-state index contributed by atoms with van der Waals surface area (Å²) in [5.41, 5.74) is 4.42. The Morgan fingerprint density at radius 2 is 1.77 bits per heavy atom. The van der Waals surface area contributed by atoms with Crippen molar-refractivity contribution in [2.75, 3.05) is 64.2 Å². The second-order valence-electron chi connectivity index (χ2n) is 12.3. The Hall–Kier alpha value is -4.90. The summed E-state index contributed by atoms with van der Waals surface area (Å²) >= 11 is 0. The second-order valence-corrected chi connectivity index (χ2v) is 12.3. The van der Waals surface area contributed by atoms with Crippen LogP contribution < -0.4 is 19.7 Å². The standard InChI is InChI=1S/C37H46N6O5/c1-6-33-38-28-11-10-12-29(35(28)40-33)39-36(45)27-16-15-26(24-31(27)47-5)37(46)42(4)30-17-14-25(2)23-32(30)48-22-9-7-8-13-34(44)43-20-18-41(3)19-21-43/h10-12,14-17,23-24H,6-9,13,18-22H2,1-5H3,(H,38,40)(H,39,45). The van der Waals surface area contributed by atoms with Gasteiger partial charge < -0.3 is 34.5 Å². The van der Waals surface area contributed by atoms with E-state index in [1.165, 1.54) is 7.11 Å². The minimum atomic E-state index is -0.370. The Morgan fingerprint density at radius 3 is 2.52 bits per heavy atom. The number of methoxy groups -OCH3 is 1. The quantitative estimate of drug-likeness (QED) is 0.178. The molecule has 1 aliphatic rings. The number of amides is 3. The number of unbranched alkanes of at least 4 members (excludes halogenated alkanes) is 2. The van der Waals surface area contributed by atoms with Gasteiger partial charge in [0, 0.05) is 51.6 Å². The molecule has 0 radical (unpaired) electrons. The maximum Gasteiger partial charge on any atom is 0.259 e. The van der Waals surface area contributed by atoms with Crippen molar-refractivity contribution in [2.45, 2.75) is 46.0 Å². The van der Waals surface area contributed by atoms with Crippen LogP contribution in [-0.2, 0) is 11.2 Å². The Balaban J connectivity index is 1.20. The zero-order chi connectivity index (χ0) is 34.2. The average molecular weight is 655 g/mol. The maximum absolute atomic E-state index is 13.7. The van der Waals surface area contributed by atoms with Crippen molar-refractivity contribution >= 4 is 40.1 Å². The summed E-state index contributed by atoms with van der Waals surface area (Å²) in [7, 11) is 5.25. The van der Waals surface area contributed by atoms with E-state index < -0.39 is 0 Å². The summed E-state index contributed by atoms with van der Waals surface area (Å²) in [6, 6.07) is 16.1. The lowest BCUT2D eigenvalue weighted by atomic mass is 10.1. The molecule has 5 rings (SSSR count). The fourth-order valence-electron chi connectivity index (χ4n) is 5.82. The number of imidazole rings is 1. The highest BCUT2D eigenvalue weighted by atomic mass is 16.5. The van der Waals surface area contributed by atoms with Gasteiger partial charge in [-0.2, -0.15) is 0 Å². The number of anilines is 2. The fourth-order valence-corrected chi connectivity index (χ4v) is 5.82. The van der Waals surface area contributed by atoms with E-state index in [-0.39, 0.29) is 23.5 Å². The van der Waals surface area contributed by atoms with Crippen LogP contribution in [-0.4, -0.2) is 91.5 Å². The predicted octanol–water partition coefficient (Wildman–Crippen LogP) is 5.68. The summed E-state index contributed by atoms with van der Waals surface area (Å²) < 4.78 is 11.7. The van der Waals surface area contributed by atoms with Gasteiger partial charge in [-0.3, -0.25) is 14.4 Å². The molecule has 2 N–H and O–H groups in total. The summed E-state index contributed by atoms with van der Waals surface area (Å²) in [5.74, 6) is 1.31. The molecule has 1 aliphatic heterocycles. The molecule has 1 aromatic heterocycles. The lowest BCUT2D eigenvalue weighted by molar-refractivity contribution is -0.132. The van der Waals surface area contributed by atoms with Crippen LogP contribution in [0.5, 0.6) is 11.5 Å². The number of nitrogens with one attached hydrogen (secondary N) is 2. The number of likely N-dealkylation sites (N-methyl/N-ethyl adjacent to an activating group) is 1. The number of aromatic nitrogens is 2. The minimum Gasteiger partial charge on any atom is -0.496 e. The number of para-hydroxylation sites is 1. The number of carbonyl (C=O) groups is 3. The molecule has 0 saturated carbocycles. The molecule has 0 bridgehead atoms. The first kappa shape index (κ1) is 34.4. The molecule has 3 amide bonds. The number of hydrogen-bond acceptors (Lipinski definition) is 7. The summed E-state index contributed by atoms with van der Waals surface area (Å²) in [6.07, 6.45) is 3.81. The van der Waals surface area contributed by atoms with Crippen LogP contribution >= 0.6 is 0 Å². The van der Waals surface area contributed by atoms with E-state index in [2.05, 4.69) is 27.2 Å². The first-order chi connectivity index (χ1) is 23.2. The van der Waals surface area contributed by atoms with Crippen LogP contribution in [0, 0.1) is 6.92 Å². The van der Waals surface area contributed by atoms with E-state index in [9.17, 15) is 14.4 Å². The van der Waals surface area contributed by atoms with Crippen LogP contribution in [0.3, 0.4) is 0 Å². The summed E-state index contributed by atoms with van der Waals surface area (Å²) in [4.78, 5) is 53.2. The van der Waals surface area contributed by atoms with Crippen molar-refractivity contribution in [2.24, 2.45) is 0 Å². The minimum absolute atomic E-state index is 0.229. The number of nitrogens with zero attached hydrogens (tertiary/aromatic N) is 4. The van der Waals surface area contributed by atoms with Gasteiger partial charge in [0.15, 0.2) is 0 Å². The first-order valence-corrected chi connectivity index (χ1v) is 16.6. The van der Waals surface area contributed by atoms with Gasteiger partial charge in [0.1, 0.15) is 22.8 Å². The van der Waals surface area contributed by atoms with E-state index in [1.54, 1.807) is 36.2 Å². The van der Waals surface area contributed by atoms with Gasteiger partial charge in [0.25, 0.3) is 11.8 Å². The smallest absolute Gasteiger partial charge is 0.259 e. The molecule has 0 atom stereocenters. The molecule has 1 fully saturated rings. The molecule has 1 saturated heterocycles. The van der Waals surface area contributed by atoms with Gasteiger partial charge >= 0.3 is 0 Å². The van der Waals surface area contributed by atoms with Gasteiger partial charge in [-0.25, -0.2) is 4.98 Å². The van der Waals surface area contributed by atoms with Crippen LogP contribution in [0.15, 0.2) is 54.6 Å². The Kier molecular flexibility index (Phi) is 11.3. The van der Waals surface area contributed by atoms with E-state index >= 15 is 0 Å². The highest BCUT2D eigenvalue weighted by Gasteiger charge is 2.22. The van der Waals surface area contributed by atoms with Crippen LogP contribution in [0.25, 0.3) is 11.0 Å². The first-order valence-electron chi connectivity index (χ1n) is 16.6. The molecule has 3 aromatic carbocycles. The molecular formula is C37H46N6O5. The zero-order valence-electron chi connectivity index (χ0n) is 28.6. The van der Waals surface area contributed by atoms with Crippen molar-refractivity contribution in [3.8, 4) is 11.5 Å². The maximum atomic E-state index is 13.7. The average Bonchev–Trinajstić information content (AvgIpc) is 3.54. The van der Waals surface area contributed by atoms with E-state index in [4.69, 9.17) is 9.47 Å². The Morgan fingerprint density at radius 1 is 0.979 bits per heavy atom. The number of carbonyl (C=O) groups excluding carboxylic acids is 3. The Bertz CT molecular complexity index is 1760. The third-order valence-electron chi connectivity index (χ3n) is 8.77. The van der Waals surface area contributed by atoms with Crippen molar-refractivity contribution < 1.29 is 23.9 Å². The van der Waals surface area contributed by atoms with Crippen molar-refractivity contribution in [3.63, 3.8) is 0 Å². The van der Waals surface area contributed by atoms with E-state index in [0.29, 0.717) is 46.8 Å². The topological polar surface area (TPSA) is 120 Å². The van der Waals surface area contributed by atoms with E-state index in [1.807, 2.05) is 49.1 Å². The molecule has 0 aliphatic carbocycles. The van der Waals surface area contributed by atoms with Gasteiger partial charge in [-0.1, -0.05) is 19.1 Å². The van der Waals surface area contributed by atoms with E-state index in [0.717, 1.165) is 68.8 Å². The van der Waals surface area contributed by atoms with Crippen LogP contribution in [0.4, 0.5) is 11.4 Å². The van der Waals surface area contributed by atoms with Crippen molar-refractivity contribution in [1.29, 1.82) is 0 Å². The molecule has 11 heteroatoms. The van der Waals surface area contributed by atoms with Gasteiger partial charge in [0.2, 0.25) is 5.91 Å². The second kappa shape index (κ2) is 15.8. The van der Waals surface area contributed by atoms with Crippen LogP contribution in [0.2, 0.25) is 0 Å². The third-order valence-corrected chi connectivity index (χ3v) is 8.77. The normalized spacial score (nSPS) is 13.4. The number of aromatic amines is 1. The summed E-state index contributed by atoms with van der Waals surface area (Å²) in [6.45, 7) is 7.92. The lowest BCUT2D eigenvalue weighted by Gasteiger charge is -2.32. The number of H-pyrrole nitrogens is 1. The number of ether oxygens (including phenoxy) is 2. The summed E-state index contributed by atoms with van der Waals surface area (Å²) in [5, 5.41) is 2.94. The van der Waals surface area contributed by atoms with Crippen LogP contribution in [0.1, 0.15) is 64.7 Å². The molecule has 0 unspecified atom stereocenters. The van der Waals surface area contributed by atoms with Crippen molar-refractivity contribution in [1.82, 2.24) is 19.8 Å². The largest absolute Gasteiger partial charge is 0.496 e. The number of benzene rings is 3. The molecule has 2 heterocycles. The van der Waals surface area contributed by atoms with Gasteiger partial charge in [-0.15, -0.1) is 0 Å². The van der Waals surface area contributed by atoms with Crippen molar-refractivity contribution in [3.05, 3.63) is 77.1 Å². The molecule has 11 nitrogen and oxygen atoms in total. The number of hydrogen-bond donors (Lipinski definition) is 2. The van der Waals surface area contributed by atoms with Gasteiger partial charge in [0.05, 0.1) is 36.2 Å². The predicted molar refractivity (Wildman–Crippen MR) is 188 cm³/mol. The number of rotatable bonds is 13. The lowest BCUT2D eigenvalue weighted by Crippen LogP contribution is -2.47. The SMILES string of the molecule is CCc1nc2c(NC(=O)c3ccc(C(=O)N(C)c4ccc(C)cc4OCCCCCC(=O)N4CCN(C)CC4)cc3OC)cccc2[nH]1. The Labute approximate surface area is 282 Å². The van der Waals surface area contributed by atoms with Gasteiger partial charge in [-0.05, 0) is 81.3 Å². The highest BCUT2D eigenvalue weighted by Crippen LogP contribution is 2.31. The zero-order valence-corrected chi connectivity index (χ0v) is 28.6. The molecule has 0 spiro atoms. The molecule has 48 heavy (non-hydrogen) atoms. The highest BCUT2D eigenvalue weighted by molar-refractivity contribution is 6.11. The molecule has 254 valence electrons. The number of fused-ring (bicyclic) bond motifs is 1. The fraction of sp³-hybridized carbons (Fsp3) is 0.405. The monoisotopic (exact) mass is 654 g/mol.